The van der Waals surface area contributed by atoms with Crippen molar-refractivity contribution in [1.82, 2.24) is 10.2 Å². The maximum Gasteiger partial charge on any atom is 0.242 e. The summed E-state index contributed by atoms with van der Waals surface area (Å²) in [5, 5.41) is 3.52. The summed E-state index contributed by atoms with van der Waals surface area (Å²) in [7, 11) is 0. The molecular weight excluding hydrogens is 348 g/mol. The minimum Gasteiger partial charge on any atom is -0.352 e. The zero-order chi connectivity index (χ0) is 19.1. The van der Waals surface area contributed by atoms with Crippen LogP contribution in [0.25, 0.3) is 0 Å². The number of carbonyl (C=O) groups excluding carboxylic acids is 2. The Labute approximate surface area is 160 Å². The van der Waals surface area contributed by atoms with Crippen molar-refractivity contribution in [2.75, 3.05) is 0 Å². The lowest BCUT2D eigenvalue weighted by Gasteiger charge is -2.29. The summed E-state index contributed by atoms with van der Waals surface area (Å²) in [5.74, 6) is -0.243. The van der Waals surface area contributed by atoms with Crippen LogP contribution in [0.2, 0.25) is 5.02 Å². The number of carbonyl (C=O) groups is 2. The van der Waals surface area contributed by atoms with Crippen molar-refractivity contribution in [3.8, 4) is 0 Å². The molecule has 138 valence electrons. The van der Waals surface area contributed by atoms with E-state index in [-0.39, 0.29) is 24.3 Å². The molecule has 2 rings (SSSR count). The molecule has 0 aliphatic carbocycles. The number of rotatable bonds is 7. The van der Waals surface area contributed by atoms with E-state index in [0.717, 1.165) is 11.1 Å². The van der Waals surface area contributed by atoms with Crippen LogP contribution in [0.5, 0.6) is 0 Å². The van der Waals surface area contributed by atoms with Crippen LogP contribution in [-0.4, -0.2) is 28.8 Å². The number of nitrogens with zero attached hydrogens (tertiary/aromatic N) is 1. The molecule has 0 fully saturated rings. The molecule has 0 saturated heterocycles. The van der Waals surface area contributed by atoms with Gasteiger partial charge in [0.15, 0.2) is 0 Å². The van der Waals surface area contributed by atoms with Crippen LogP contribution in [0.15, 0.2) is 54.6 Å². The predicted octanol–water partition coefficient (Wildman–Crippen LogP) is 3.82. The van der Waals surface area contributed by atoms with Crippen LogP contribution in [0.1, 0.15) is 31.9 Å². The van der Waals surface area contributed by atoms with E-state index in [2.05, 4.69) is 5.32 Å². The highest BCUT2D eigenvalue weighted by atomic mass is 35.5. The summed E-state index contributed by atoms with van der Waals surface area (Å²) < 4.78 is 0. The first-order chi connectivity index (χ1) is 12.4. The Morgan fingerprint density at radius 1 is 0.962 bits per heavy atom. The van der Waals surface area contributed by atoms with Crippen molar-refractivity contribution in [3.05, 3.63) is 70.7 Å². The molecule has 0 bridgehead atoms. The van der Waals surface area contributed by atoms with Crippen molar-refractivity contribution in [3.63, 3.8) is 0 Å². The van der Waals surface area contributed by atoms with E-state index in [0.29, 0.717) is 11.6 Å². The molecule has 5 heteroatoms. The molecular formula is C21H25ClN2O2. The fourth-order valence-electron chi connectivity index (χ4n) is 2.65. The Balaban J connectivity index is 2.20. The Morgan fingerprint density at radius 3 is 2.15 bits per heavy atom. The van der Waals surface area contributed by atoms with Gasteiger partial charge in [-0.2, -0.15) is 0 Å². The largest absolute Gasteiger partial charge is 0.352 e. The van der Waals surface area contributed by atoms with Crippen LogP contribution in [0.4, 0.5) is 0 Å². The Hall–Kier alpha value is -2.33. The molecule has 1 N–H and O–H groups in total. The van der Waals surface area contributed by atoms with E-state index >= 15 is 0 Å². The molecule has 2 aromatic rings. The first-order valence-corrected chi connectivity index (χ1v) is 9.13. The lowest BCUT2D eigenvalue weighted by atomic mass is 10.1. The highest BCUT2D eigenvalue weighted by Gasteiger charge is 2.26. The smallest absolute Gasteiger partial charge is 0.242 e. The standard InChI is InChI=1S/C21H25ClN2O2/c1-15(2)23-21(26)16(3)24(14-18-9-11-19(22)12-10-18)20(25)13-17-7-5-4-6-8-17/h4-12,15-16H,13-14H2,1-3H3,(H,23,26)/t16-/m1/s1. The topological polar surface area (TPSA) is 49.4 Å². The Morgan fingerprint density at radius 2 is 1.58 bits per heavy atom. The van der Waals surface area contributed by atoms with Gasteiger partial charge in [-0.1, -0.05) is 54.1 Å². The Bertz CT molecular complexity index is 729. The zero-order valence-electron chi connectivity index (χ0n) is 15.4. The minimum absolute atomic E-state index is 0.0200. The second-order valence-corrected chi connectivity index (χ2v) is 7.09. The third-order valence-electron chi connectivity index (χ3n) is 4.06. The zero-order valence-corrected chi connectivity index (χ0v) is 16.2. The minimum atomic E-state index is -0.565. The quantitative estimate of drug-likeness (QED) is 0.803. The van der Waals surface area contributed by atoms with Gasteiger partial charge in [0.05, 0.1) is 6.42 Å². The maximum atomic E-state index is 12.9. The molecule has 2 aromatic carbocycles. The molecule has 2 amide bonds. The number of hydrogen-bond acceptors (Lipinski definition) is 2. The number of amides is 2. The first kappa shape index (κ1) is 20.0. The molecule has 4 nitrogen and oxygen atoms in total. The molecule has 0 aliphatic rings. The Kier molecular flexibility index (Phi) is 7.22. The summed E-state index contributed by atoms with van der Waals surface area (Å²) >= 11 is 5.94. The third kappa shape index (κ3) is 5.88. The molecule has 0 saturated carbocycles. The molecule has 0 radical (unpaired) electrons. The van der Waals surface area contributed by atoms with E-state index in [1.54, 1.807) is 24.0 Å². The molecule has 0 aromatic heterocycles. The summed E-state index contributed by atoms with van der Waals surface area (Å²) in [5.41, 5.74) is 1.86. The number of benzene rings is 2. The third-order valence-corrected chi connectivity index (χ3v) is 4.31. The van der Waals surface area contributed by atoms with Gasteiger partial charge in [0, 0.05) is 17.6 Å². The van der Waals surface area contributed by atoms with Gasteiger partial charge in [-0.05, 0) is 44.0 Å². The summed E-state index contributed by atoms with van der Waals surface area (Å²) in [6.45, 7) is 5.92. The highest BCUT2D eigenvalue weighted by molar-refractivity contribution is 6.30. The molecule has 26 heavy (non-hydrogen) atoms. The van der Waals surface area contributed by atoms with Crippen LogP contribution in [0, 0.1) is 0 Å². The van der Waals surface area contributed by atoms with Gasteiger partial charge < -0.3 is 10.2 Å². The summed E-state index contributed by atoms with van der Waals surface area (Å²) in [6.07, 6.45) is 0.258. The molecule has 0 aliphatic heterocycles. The van der Waals surface area contributed by atoms with E-state index < -0.39 is 6.04 Å². The summed E-state index contributed by atoms with van der Waals surface area (Å²) in [4.78, 5) is 27.0. The van der Waals surface area contributed by atoms with Gasteiger partial charge in [0.25, 0.3) is 0 Å². The van der Waals surface area contributed by atoms with E-state index in [1.807, 2.05) is 56.3 Å². The van der Waals surface area contributed by atoms with Crippen molar-refractivity contribution >= 4 is 23.4 Å². The van der Waals surface area contributed by atoms with Gasteiger partial charge in [0.1, 0.15) is 6.04 Å². The molecule has 1 atom stereocenters. The van der Waals surface area contributed by atoms with Crippen molar-refractivity contribution in [1.29, 1.82) is 0 Å². The predicted molar refractivity (Wildman–Crippen MR) is 105 cm³/mol. The monoisotopic (exact) mass is 372 g/mol. The fourth-order valence-corrected chi connectivity index (χ4v) is 2.77. The average molecular weight is 373 g/mol. The average Bonchev–Trinajstić information content (AvgIpc) is 2.60. The van der Waals surface area contributed by atoms with Crippen molar-refractivity contribution in [2.24, 2.45) is 0 Å². The normalized spacial score (nSPS) is 11.9. The molecule has 0 unspecified atom stereocenters. The molecule has 0 heterocycles. The van der Waals surface area contributed by atoms with Crippen LogP contribution < -0.4 is 5.32 Å². The lowest BCUT2D eigenvalue weighted by molar-refractivity contribution is -0.140. The van der Waals surface area contributed by atoms with E-state index in [9.17, 15) is 9.59 Å². The SMILES string of the molecule is CC(C)NC(=O)[C@@H](C)N(Cc1ccc(Cl)cc1)C(=O)Cc1ccccc1. The van der Waals surface area contributed by atoms with Gasteiger partial charge in [-0.15, -0.1) is 0 Å². The summed E-state index contributed by atoms with van der Waals surface area (Å²) in [6, 6.07) is 16.3. The second-order valence-electron chi connectivity index (χ2n) is 6.65. The fraction of sp³-hybridized carbons (Fsp3) is 0.333. The number of hydrogen-bond donors (Lipinski definition) is 1. The lowest BCUT2D eigenvalue weighted by Crippen LogP contribution is -2.49. The van der Waals surface area contributed by atoms with Crippen LogP contribution in [-0.2, 0) is 22.6 Å². The molecule has 0 spiro atoms. The second kappa shape index (κ2) is 9.39. The van der Waals surface area contributed by atoms with Gasteiger partial charge in [0.2, 0.25) is 11.8 Å². The van der Waals surface area contributed by atoms with Gasteiger partial charge in [-0.25, -0.2) is 0 Å². The number of nitrogens with one attached hydrogen (secondary N) is 1. The highest BCUT2D eigenvalue weighted by Crippen LogP contribution is 2.15. The van der Waals surface area contributed by atoms with E-state index in [4.69, 9.17) is 11.6 Å². The maximum absolute atomic E-state index is 12.9. The van der Waals surface area contributed by atoms with E-state index in [1.165, 1.54) is 0 Å². The van der Waals surface area contributed by atoms with Gasteiger partial charge >= 0.3 is 0 Å². The van der Waals surface area contributed by atoms with Crippen molar-refractivity contribution in [2.45, 2.75) is 45.8 Å². The van der Waals surface area contributed by atoms with Crippen molar-refractivity contribution < 1.29 is 9.59 Å². The van der Waals surface area contributed by atoms with Gasteiger partial charge in [-0.3, -0.25) is 9.59 Å². The first-order valence-electron chi connectivity index (χ1n) is 8.75. The van der Waals surface area contributed by atoms with Crippen LogP contribution in [0.3, 0.4) is 0 Å². The van der Waals surface area contributed by atoms with Crippen LogP contribution >= 0.6 is 11.6 Å². The number of halogens is 1.